The van der Waals surface area contributed by atoms with Crippen LogP contribution in [0, 0.1) is 17.0 Å². The van der Waals surface area contributed by atoms with Crippen LogP contribution in [0.2, 0.25) is 0 Å². The highest BCUT2D eigenvalue weighted by molar-refractivity contribution is 5.40. The quantitative estimate of drug-likeness (QED) is 0.724. The zero-order valence-electron chi connectivity index (χ0n) is 9.60. The summed E-state index contributed by atoms with van der Waals surface area (Å²) in [5.74, 6) is -0.670. The maximum Gasteiger partial charge on any atom is 0.128 e. The van der Waals surface area contributed by atoms with E-state index in [9.17, 15) is 8.78 Å². The van der Waals surface area contributed by atoms with Crippen molar-refractivity contribution in [3.63, 3.8) is 0 Å². The van der Waals surface area contributed by atoms with E-state index in [-0.39, 0.29) is 23.1 Å². The molecule has 1 fully saturated rings. The summed E-state index contributed by atoms with van der Waals surface area (Å²) in [5.41, 5.74) is 6.96. The molecule has 1 saturated heterocycles. The summed E-state index contributed by atoms with van der Waals surface area (Å²) in [6.45, 7) is 1.76. The van der Waals surface area contributed by atoms with Crippen molar-refractivity contribution in [1.29, 1.82) is 0 Å². The number of nitrogens with two attached hydrogens (primary N) is 1. The van der Waals surface area contributed by atoms with Crippen molar-refractivity contribution in [3.05, 3.63) is 34.9 Å². The van der Waals surface area contributed by atoms with E-state index in [4.69, 9.17) is 5.73 Å². The highest BCUT2D eigenvalue weighted by Crippen LogP contribution is 2.51. The fraction of sp³-hybridized carbons (Fsp3) is 0.538. The summed E-state index contributed by atoms with van der Waals surface area (Å²) >= 11 is 0. The maximum absolute atomic E-state index is 13.8. The summed E-state index contributed by atoms with van der Waals surface area (Å²) in [7, 11) is 0. The number of piperidine rings is 1. The van der Waals surface area contributed by atoms with Gasteiger partial charge in [0.2, 0.25) is 0 Å². The smallest absolute Gasteiger partial charge is 0.128 e. The second-order valence-corrected chi connectivity index (χ2v) is 5.19. The highest BCUT2D eigenvalue weighted by Gasteiger charge is 2.47. The largest absolute Gasteiger partial charge is 0.323 e. The van der Waals surface area contributed by atoms with Crippen LogP contribution in [-0.2, 0) is 6.42 Å². The van der Waals surface area contributed by atoms with Crippen LogP contribution in [0.15, 0.2) is 12.1 Å². The summed E-state index contributed by atoms with van der Waals surface area (Å²) in [6, 6.07) is 2.03. The van der Waals surface area contributed by atoms with Gasteiger partial charge in [0.25, 0.3) is 0 Å². The van der Waals surface area contributed by atoms with Crippen molar-refractivity contribution in [3.8, 4) is 0 Å². The third kappa shape index (κ3) is 1.51. The van der Waals surface area contributed by atoms with Gasteiger partial charge >= 0.3 is 0 Å². The molecule has 0 saturated carbocycles. The second kappa shape index (κ2) is 3.75. The Morgan fingerprint density at radius 3 is 2.47 bits per heavy atom. The van der Waals surface area contributed by atoms with E-state index < -0.39 is 0 Å². The Hall–Kier alpha value is -1.00. The van der Waals surface area contributed by atoms with Gasteiger partial charge in [-0.25, -0.2) is 8.78 Å². The molecule has 1 aliphatic carbocycles. The Labute approximate surface area is 99.2 Å². The molecule has 0 amide bonds. The second-order valence-electron chi connectivity index (χ2n) is 5.19. The van der Waals surface area contributed by atoms with Gasteiger partial charge in [0.15, 0.2) is 0 Å². The fourth-order valence-electron chi connectivity index (χ4n) is 3.31. The Bertz CT molecular complexity index is 453. The van der Waals surface area contributed by atoms with Gasteiger partial charge < -0.3 is 11.1 Å². The molecule has 3 rings (SSSR count). The van der Waals surface area contributed by atoms with Gasteiger partial charge in [-0.05, 0) is 55.5 Å². The molecule has 1 aromatic carbocycles. The molecule has 1 heterocycles. The Balaban J connectivity index is 2.07. The molecule has 2 nitrogen and oxygen atoms in total. The first-order valence-electron chi connectivity index (χ1n) is 6.07. The van der Waals surface area contributed by atoms with Crippen molar-refractivity contribution in [2.45, 2.75) is 25.3 Å². The first kappa shape index (κ1) is 11.1. The van der Waals surface area contributed by atoms with Gasteiger partial charge in [-0.15, -0.1) is 0 Å². The van der Waals surface area contributed by atoms with Gasteiger partial charge in [0, 0.05) is 11.6 Å². The third-order valence-electron chi connectivity index (χ3n) is 4.35. The van der Waals surface area contributed by atoms with Gasteiger partial charge in [0.1, 0.15) is 11.6 Å². The summed E-state index contributed by atoms with van der Waals surface area (Å²) in [5, 5.41) is 3.27. The van der Waals surface area contributed by atoms with E-state index in [1.807, 2.05) is 0 Å². The number of fused-ring (bicyclic) bond motifs is 1. The molecule has 1 aromatic rings. The Kier molecular flexibility index (Phi) is 2.45. The van der Waals surface area contributed by atoms with Crippen LogP contribution < -0.4 is 11.1 Å². The van der Waals surface area contributed by atoms with E-state index in [1.54, 1.807) is 0 Å². The Morgan fingerprint density at radius 1 is 1.18 bits per heavy atom. The number of hydrogen-bond acceptors (Lipinski definition) is 2. The summed E-state index contributed by atoms with van der Waals surface area (Å²) in [4.78, 5) is 0. The van der Waals surface area contributed by atoms with Gasteiger partial charge in [0.05, 0.1) is 0 Å². The van der Waals surface area contributed by atoms with Crippen LogP contribution in [0.1, 0.15) is 30.0 Å². The molecule has 0 radical (unpaired) electrons. The lowest BCUT2D eigenvalue weighted by molar-refractivity contribution is 0.172. The molecule has 1 atom stereocenters. The van der Waals surface area contributed by atoms with Crippen LogP contribution in [0.4, 0.5) is 8.78 Å². The van der Waals surface area contributed by atoms with Crippen LogP contribution in [-0.4, -0.2) is 13.1 Å². The molecule has 1 spiro atoms. The molecule has 3 N–H and O–H groups in total. The normalized spacial score (nSPS) is 26.2. The van der Waals surface area contributed by atoms with Crippen molar-refractivity contribution in [2.75, 3.05) is 13.1 Å². The lowest BCUT2D eigenvalue weighted by Crippen LogP contribution is -2.42. The number of rotatable bonds is 0. The average Bonchev–Trinajstić information content (AvgIpc) is 2.61. The average molecular weight is 238 g/mol. The monoisotopic (exact) mass is 238 g/mol. The van der Waals surface area contributed by atoms with E-state index >= 15 is 0 Å². The molecular formula is C13H16F2N2. The predicted octanol–water partition coefficient (Wildman–Crippen LogP) is 1.89. The zero-order valence-corrected chi connectivity index (χ0v) is 9.60. The molecule has 0 aromatic heterocycles. The number of nitrogens with one attached hydrogen (secondary N) is 1. The Morgan fingerprint density at radius 2 is 1.82 bits per heavy atom. The lowest BCUT2D eigenvalue weighted by atomic mass is 9.73. The minimum Gasteiger partial charge on any atom is -0.323 e. The van der Waals surface area contributed by atoms with Crippen LogP contribution in [0.3, 0.4) is 0 Å². The van der Waals surface area contributed by atoms with E-state index in [2.05, 4.69) is 5.32 Å². The number of benzene rings is 1. The molecule has 92 valence electrons. The van der Waals surface area contributed by atoms with Crippen molar-refractivity contribution in [1.82, 2.24) is 5.32 Å². The van der Waals surface area contributed by atoms with E-state index in [0.717, 1.165) is 25.9 Å². The predicted molar refractivity (Wildman–Crippen MR) is 61.5 cm³/mol. The maximum atomic E-state index is 13.8. The SMILES string of the molecule is N[C@H]1c2c(F)ccc(F)c2CC12CCNCC2. The van der Waals surface area contributed by atoms with E-state index in [0.29, 0.717) is 17.5 Å². The minimum absolute atomic E-state index is 0.142. The topological polar surface area (TPSA) is 38.0 Å². The fourth-order valence-corrected chi connectivity index (χ4v) is 3.31. The molecule has 17 heavy (non-hydrogen) atoms. The molecule has 2 aliphatic rings. The van der Waals surface area contributed by atoms with Crippen molar-refractivity contribution < 1.29 is 8.78 Å². The summed E-state index contributed by atoms with van der Waals surface area (Å²) in [6.07, 6.45) is 2.36. The van der Waals surface area contributed by atoms with Gasteiger partial charge in [-0.1, -0.05) is 0 Å². The number of hydrogen-bond donors (Lipinski definition) is 2. The first-order valence-corrected chi connectivity index (χ1v) is 6.07. The third-order valence-corrected chi connectivity index (χ3v) is 4.35. The minimum atomic E-state index is -0.365. The molecule has 0 bridgehead atoms. The summed E-state index contributed by atoms with van der Waals surface area (Å²) < 4.78 is 27.5. The standard InChI is InChI=1S/C13H16F2N2/c14-9-1-2-10(15)11-8(9)7-13(12(11)16)3-5-17-6-4-13/h1-2,12,17H,3-7,16H2/t12-/m0/s1. The first-order chi connectivity index (χ1) is 8.14. The van der Waals surface area contributed by atoms with Crippen LogP contribution in [0.25, 0.3) is 0 Å². The van der Waals surface area contributed by atoms with Gasteiger partial charge in [-0.3, -0.25) is 0 Å². The van der Waals surface area contributed by atoms with Gasteiger partial charge in [-0.2, -0.15) is 0 Å². The van der Waals surface area contributed by atoms with Crippen LogP contribution >= 0.6 is 0 Å². The number of halogens is 2. The lowest BCUT2D eigenvalue weighted by Gasteiger charge is -2.37. The molecule has 0 unspecified atom stereocenters. The molecule has 4 heteroatoms. The van der Waals surface area contributed by atoms with Crippen molar-refractivity contribution >= 4 is 0 Å². The molecule has 1 aliphatic heterocycles. The van der Waals surface area contributed by atoms with Crippen molar-refractivity contribution in [2.24, 2.45) is 11.1 Å². The van der Waals surface area contributed by atoms with Crippen LogP contribution in [0.5, 0.6) is 0 Å². The highest BCUT2D eigenvalue weighted by atomic mass is 19.1. The molecular weight excluding hydrogens is 222 g/mol. The zero-order chi connectivity index (χ0) is 12.0. The van der Waals surface area contributed by atoms with E-state index in [1.165, 1.54) is 12.1 Å².